The third-order valence-corrected chi connectivity index (χ3v) is 6.39. The summed E-state index contributed by atoms with van der Waals surface area (Å²) in [7, 11) is -3.63. The molecule has 0 bridgehead atoms. The highest BCUT2D eigenvalue weighted by atomic mass is 35.5. The SMILES string of the molecule is CC(C)NS(=O)(=O)c1ccc(NC(=O)C(C)OC(=O)c2[nH]c3ccccc3c2Cl)cc1. The highest BCUT2D eigenvalue weighted by Crippen LogP contribution is 2.28. The number of amides is 1. The molecule has 2 aromatic carbocycles. The van der Waals surface area contributed by atoms with Gasteiger partial charge in [-0.25, -0.2) is 17.9 Å². The van der Waals surface area contributed by atoms with Crippen molar-refractivity contribution in [1.29, 1.82) is 0 Å². The van der Waals surface area contributed by atoms with Crippen LogP contribution in [0.1, 0.15) is 31.3 Å². The quantitative estimate of drug-likeness (QED) is 0.462. The number of halogens is 1. The number of anilines is 1. The maximum absolute atomic E-state index is 12.5. The second-order valence-electron chi connectivity index (χ2n) is 7.20. The van der Waals surface area contributed by atoms with Crippen molar-refractivity contribution in [3.05, 3.63) is 59.2 Å². The zero-order chi connectivity index (χ0) is 22.8. The first-order chi connectivity index (χ1) is 14.6. The number of carbonyl (C=O) groups is 2. The van der Waals surface area contributed by atoms with E-state index < -0.39 is 28.0 Å². The highest BCUT2D eigenvalue weighted by Gasteiger charge is 2.23. The molecular formula is C21H22ClN3O5S. The number of rotatable bonds is 7. The number of H-pyrrole nitrogens is 1. The Labute approximate surface area is 185 Å². The molecule has 0 saturated heterocycles. The molecule has 0 aliphatic carbocycles. The molecule has 3 N–H and O–H groups in total. The molecule has 1 atom stereocenters. The second-order valence-corrected chi connectivity index (χ2v) is 9.29. The van der Waals surface area contributed by atoms with Gasteiger partial charge < -0.3 is 15.0 Å². The molecule has 0 spiro atoms. The summed E-state index contributed by atoms with van der Waals surface area (Å²) in [6.45, 7) is 4.87. The van der Waals surface area contributed by atoms with E-state index in [4.69, 9.17) is 16.3 Å². The van der Waals surface area contributed by atoms with Crippen molar-refractivity contribution in [2.75, 3.05) is 5.32 Å². The Morgan fingerprint density at radius 1 is 1.03 bits per heavy atom. The minimum Gasteiger partial charge on any atom is -0.448 e. The van der Waals surface area contributed by atoms with Gasteiger partial charge in [-0.3, -0.25) is 4.79 Å². The number of fused-ring (bicyclic) bond motifs is 1. The Hall–Kier alpha value is -2.88. The fraction of sp³-hybridized carbons (Fsp3) is 0.238. The zero-order valence-electron chi connectivity index (χ0n) is 17.1. The van der Waals surface area contributed by atoms with E-state index in [1.807, 2.05) is 0 Å². The Kier molecular flexibility index (Phi) is 6.68. The molecule has 0 saturated carbocycles. The van der Waals surface area contributed by atoms with E-state index in [1.165, 1.54) is 31.2 Å². The molecule has 1 heterocycles. The van der Waals surface area contributed by atoms with Crippen molar-refractivity contribution in [3.63, 3.8) is 0 Å². The molecule has 0 radical (unpaired) electrons. The molecule has 1 aromatic heterocycles. The maximum atomic E-state index is 12.5. The van der Waals surface area contributed by atoms with Crippen LogP contribution in [0.5, 0.6) is 0 Å². The average Bonchev–Trinajstić information content (AvgIpc) is 3.04. The van der Waals surface area contributed by atoms with Crippen LogP contribution in [-0.2, 0) is 19.6 Å². The lowest BCUT2D eigenvalue weighted by Gasteiger charge is -2.14. The van der Waals surface area contributed by atoms with Gasteiger partial charge in [0.1, 0.15) is 5.69 Å². The van der Waals surface area contributed by atoms with Crippen LogP contribution < -0.4 is 10.0 Å². The first-order valence-electron chi connectivity index (χ1n) is 9.49. The number of aromatic amines is 1. The topological polar surface area (TPSA) is 117 Å². The molecule has 3 aromatic rings. The summed E-state index contributed by atoms with van der Waals surface area (Å²) in [5.41, 5.74) is 1.10. The van der Waals surface area contributed by atoms with Crippen molar-refractivity contribution in [2.24, 2.45) is 0 Å². The van der Waals surface area contributed by atoms with Gasteiger partial charge in [0.05, 0.1) is 9.92 Å². The van der Waals surface area contributed by atoms with Crippen LogP contribution in [-0.4, -0.2) is 37.4 Å². The van der Waals surface area contributed by atoms with E-state index in [-0.39, 0.29) is 21.7 Å². The molecule has 1 unspecified atom stereocenters. The lowest BCUT2D eigenvalue weighted by Crippen LogP contribution is -2.31. The molecular weight excluding hydrogens is 442 g/mol. The lowest BCUT2D eigenvalue weighted by molar-refractivity contribution is -0.123. The largest absolute Gasteiger partial charge is 0.448 e. The predicted octanol–water partition coefficient (Wildman–Crippen LogP) is 3.69. The average molecular weight is 464 g/mol. The Bertz CT molecular complexity index is 1220. The van der Waals surface area contributed by atoms with Gasteiger partial charge in [0.2, 0.25) is 10.0 Å². The van der Waals surface area contributed by atoms with E-state index in [0.717, 1.165) is 0 Å². The fourth-order valence-electron chi connectivity index (χ4n) is 2.86. The van der Waals surface area contributed by atoms with Gasteiger partial charge >= 0.3 is 5.97 Å². The maximum Gasteiger partial charge on any atom is 0.357 e. The number of benzene rings is 2. The summed E-state index contributed by atoms with van der Waals surface area (Å²) in [6.07, 6.45) is -1.11. The van der Waals surface area contributed by atoms with E-state index in [1.54, 1.807) is 38.1 Å². The molecule has 8 nitrogen and oxygen atoms in total. The van der Waals surface area contributed by atoms with Gasteiger partial charge in [-0.05, 0) is 51.1 Å². The smallest absolute Gasteiger partial charge is 0.357 e. The van der Waals surface area contributed by atoms with Gasteiger partial charge in [0.25, 0.3) is 5.91 Å². The first-order valence-corrected chi connectivity index (χ1v) is 11.3. The Morgan fingerprint density at radius 2 is 1.68 bits per heavy atom. The van der Waals surface area contributed by atoms with Crippen LogP contribution in [0.3, 0.4) is 0 Å². The summed E-state index contributed by atoms with van der Waals surface area (Å²) >= 11 is 6.24. The van der Waals surface area contributed by atoms with Gasteiger partial charge in [-0.1, -0.05) is 29.8 Å². The normalized spacial score (nSPS) is 12.7. The zero-order valence-corrected chi connectivity index (χ0v) is 18.7. The van der Waals surface area contributed by atoms with Crippen molar-refractivity contribution in [2.45, 2.75) is 37.8 Å². The number of sulfonamides is 1. The lowest BCUT2D eigenvalue weighted by atomic mass is 10.2. The number of aromatic nitrogens is 1. The summed E-state index contributed by atoms with van der Waals surface area (Å²) in [6, 6.07) is 12.5. The number of ether oxygens (including phenoxy) is 1. The summed E-state index contributed by atoms with van der Waals surface area (Å²) in [5, 5.41) is 3.48. The van der Waals surface area contributed by atoms with Crippen LogP contribution in [0.15, 0.2) is 53.4 Å². The third-order valence-electron chi connectivity index (χ3n) is 4.32. The Balaban J connectivity index is 1.65. The van der Waals surface area contributed by atoms with Crippen LogP contribution in [0.4, 0.5) is 5.69 Å². The number of para-hydroxylation sites is 1. The molecule has 1 amide bonds. The van der Waals surface area contributed by atoms with Gasteiger partial charge in [0.15, 0.2) is 6.10 Å². The van der Waals surface area contributed by atoms with Gasteiger partial charge in [0, 0.05) is 22.6 Å². The minimum absolute atomic E-state index is 0.0646. The highest BCUT2D eigenvalue weighted by molar-refractivity contribution is 7.89. The van der Waals surface area contributed by atoms with Gasteiger partial charge in [-0.15, -0.1) is 0 Å². The van der Waals surface area contributed by atoms with E-state index >= 15 is 0 Å². The van der Waals surface area contributed by atoms with Gasteiger partial charge in [-0.2, -0.15) is 0 Å². The van der Waals surface area contributed by atoms with E-state index in [2.05, 4.69) is 15.0 Å². The number of nitrogens with one attached hydrogen (secondary N) is 3. The first kappa shape index (κ1) is 22.8. The minimum atomic E-state index is -3.63. The van der Waals surface area contributed by atoms with Crippen LogP contribution in [0, 0.1) is 0 Å². The standard InChI is InChI=1S/C21H22ClN3O5S/c1-12(2)25-31(28,29)15-10-8-14(9-11-15)23-20(26)13(3)30-21(27)19-18(22)16-6-4-5-7-17(16)24-19/h4-13,24-25H,1-3H3,(H,23,26). The van der Waals surface area contributed by atoms with Crippen molar-refractivity contribution in [1.82, 2.24) is 9.71 Å². The third kappa shape index (κ3) is 5.25. The summed E-state index contributed by atoms with van der Waals surface area (Å²) in [5.74, 6) is -1.33. The molecule has 0 aliphatic rings. The number of carbonyl (C=O) groups excluding carboxylic acids is 2. The summed E-state index contributed by atoms with van der Waals surface area (Å²) < 4.78 is 32.0. The van der Waals surface area contributed by atoms with E-state index in [9.17, 15) is 18.0 Å². The molecule has 0 aliphatic heterocycles. The number of hydrogen-bond donors (Lipinski definition) is 3. The van der Waals surface area contributed by atoms with Crippen molar-refractivity contribution >= 4 is 50.1 Å². The number of esters is 1. The molecule has 164 valence electrons. The molecule has 3 rings (SSSR count). The molecule has 31 heavy (non-hydrogen) atoms. The monoisotopic (exact) mass is 463 g/mol. The summed E-state index contributed by atoms with van der Waals surface area (Å²) in [4.78, 5) is 27.8. The number of hydrogen-bond acceptors (Lipinski definition) is 5. The van der Waals surface area contributed by atoms with Crippen molar-refractivity contribution in [3.8, 4) is 0 Å². The molecule has 10 heteroatoms. The fourth-order valence-corrected chi connectivity index (χ4v) is 4.40. The van der Waals surface area contributed by atoms with Crippen LogP contribution in [0.25, 0.3) is 10.9 Å². The molecule has 0 fully saturated rings. The predicted molar refractivity (Wildman–Crippen MR) is 119 cm³/mol. The van der Waals surface area contributed by atoms with Crippen LogP contribution in [0.2, 0.25) is 5.02 Å². The van der Waals surface area contributed by atoms with E-state index in [0.29, 0.717) is 16.6 Å². The Morgan fingerprint density at radius 3 is 2.29 bits per heavy atom. The second kappa shape index (κ2) is 9.09. The van der Waals surface area contributed by atoms with Crippen LogP contribution >= 0.6 is 11.6 Å². The van der Waals surface area contributed by atoms with Crippen molar-refractivity contribution < 1.29 is 22.7 Å².